The number of halogens is 1. The molecule has 1 saturated carbocycles. The molecule has 0 radical (unpaired) electrons. The smallest absolute Gasteiger partial charge is 0.255 e. The van der Waals surface area contributed by atoms with Gasteiger partial charge in [0.15, 0.2) is 5.82 Å². The molecule has 5 heteroatoms. The third-order valence-electron chi connectivity index (χ3n) is 3.30. The highest BCUT2D eigenvalue weighted by Gasteiger charge is 2.25. The summed E-state index contributed by atoms with van der Waals surface area (Å²) >= 11 is 0. The fraction of sp³-hybridized carbons (Fsp3) is 0.667. The van der Waals surface area contributed by atoms with Gasteiger partial charge in [-0.25, -0.2) is 4.98 Å². The summed E-state index contributed by atoms with van der Waals surface area (Å²) in [6.07, 6.45) is 5.96. The number of hydrogen-bond acceptors (Lipinski definition) is 4. The Morgan fingerprint density at radius 2 is 2.06 bits per heavy atom. The number of nitrogens with zero attached hydrogens (tertiary/aromatic N) is 3. The van der Waals surface area contributed by atoms with Crippen LogP contribution >= 0.6 is 0 Å². The van der Waals surface area contributed by atoms with Gasteiger partial charge in [0.2, 0.25) is 5.82 Å². The Balaban J connectivity index is 1.75. The Kier molecular flexibility index (Phi) is 2.82. The normalized spacial score (nSPS) is 19.7. The summed E-state index contributed by atoms with van der Waals surface area (Å²) in [5.41, 5.74) is 0. The minimum Gasteiger partial charge on any atom is -0.475 e. The van der Waals surface area contributed by atoms with Crippen LogP contribution in [0.15, 0.2) is 6.33 Å². The summed E-state index contributed by atoms with van der Waals surface area (Å²) in [6.45, 7) is 2.32. The molecule has 0 unspecified atom stereocenters. The number of rotatable bonds is 4. The molecule has 2 heterocycles. The highest BCUT2D eigenvalue weighted by atomic mass is 19.1. The fourth-order valence-electron chi connectivity index (χ4n) is 2.08. The Morgan fingerprint density at radius 1 is 1.29 bits per heavy atom. The minimum atomic E-state index is -0.407. The average Bonchev–Trinajstić information content (AvgIpc) is 3.01. The van der Waals surface area contributed by atoms with E-state index < -0.39 is 5.82 Å². The molecular formula is C12H16FN3O. The second-order valence-corrected chi connectivity index (χ2v) is 4.76. The van der Waals surface area contributed by atoms with Crippen molar-refractivity contribution in [3.63, 3.8) is 0 Å². The quantitative estimate of drug-likeness (QED) is 0.803. The van der Waals surface area contributed by atoms with Gasteiger partial charge in [0.05, 0.1) is 6.61 Å². The summed E-state index contributed by atoms with van der Waals surface area (Å²) in [7, 11) is 0. The molecule has 0 atom stereocenters. The van der Waals surface area contributed by atoms with Crippen LogP contribution in [0.5, 0.6) is 5.88 Å². The van der Waals surface area contributed by atoms with Crippen molar-refractivity contribution in [3.8, 4) is 5.88 Å². The zero-order valence-electron chi connectivity index (χ0n) is 9.73. The lowest BCUT2D eigenvalue weighted by molar-refractivity contribution is 0.272. The molecular weight excluding hydrogens is 221 g/mol. The van der Waals surface area contributed by atoms with Crippen LogP contribution in [0.2, 0.25) is 0 Å². The van der Waals surface area contributed by atoms with Gasteiger partial charge < -0.3 is 9.64 Å². The first-order valence-electron chi connectivity index (χ1n) is 6.23. The summed E-state index contributed by atoms with van der Waals surface area (Å²) in [5.74, 6) is 0.687. The first-order valence-corrected chi connectivity index (χ1v) is 6.23. The molecule has 0 bridgehead atoms. The van der Waals surface area contributed by atoms with E-state index in [4.69, 9.17) is 4.74 Å². The molecule has 1 saturated heterocycles. The molecule has 1 aromatic heterocycles. The van der Waals surface area contributed by atoms with Crippen molar-refractivity contribution in [3.05, 3.63) is 12.1 Å². The van der Waals surface area contributed by atoms with Gasteiger partial charge in [-0.2, -0.15) is 9.37 Å². The van der Waals surface area contributed by atoms with Crippen LogP contribution in [0.1, 0.15) is 25.7 Å². The Labute approximate surface area is 99.8 Å². The number of ether oxygens (including phenoxy) is 1. The van der Waals surface area contributed by atoms with Gasteiger partial charge >= 0.3 is 0 Å². The highest BCUT2D eigenvalue weighted by molar-refractivity contribution is 5.43. The predicted molar refractivity (Wildman–Crippen MR) is 61.7 cm³/mol. The van der Waals surface area contributed by atoms with E-state index in [1.54, 1.807) is 0 Å². The standard InChI is InChI=1S/C12H16FN3O/c13-10-11(16-5-1-2-6-16)14-8-15-12(10)17-7-9-3-4-9/h8-9H,1-7H2. The second-order valence-electron chi connectivity index (χ2n) is 4.76. The van der Waals surface area contributed by atoms with E-state index >= 15 is 0 Å². The summed E-state index contributed by atoms with van der Waals surface area (Å²) in [5, 5.41) is 0. The van der Waals surface area contributed by atoms with E-state index in [0.717, 1.165) is 25.9 Å². The predicted octanol–water partition coefficient (Wildman–Crippen LogP) is 2.00. The fourth-order valence-corrected chi connectivity index (χ4v) is 2.08. The lowest BCUT2D eigenvalue weighted by Crippen LogP contribution is -2.21. The van der Waals surface area contributed by atoms with Crippen molar-refractivity contribution in [1.82, 2.24) is 9.97 Å². The maximum absolute atomic E-state index is 14.1. The van der Waals surface area contributed by atoms with E-state index in [9.17, 15) is 4.39 Å². The van der Waals surface area contributed by atoms with Crippen molar-refractivity contribution in [2.45, 2.75) is 25.7 Å². The number of aromatic nitrogens is 2. The molecule has 92 valence electrons. The van der Waals surface area contributed by atoms with Crippen LogP contribution in [0.4, 0.5) is 10.2 Å². The third-order valence-corrected chi connectivity index (χ3v) is 3.30. The van der Waals surface area contributed by atoms with E-state index in [-0.39, 0.29) is 5.88 Å². The van der Waals surface area contributed by atoms with Crippen molar-refractivity contribution < 1.29 is 9.13 Å². The van der Waals surface area contributed by atoms with Crippen LogP contribution in [0, 0.1) is 11.7 Å². The maximum Gasteiger partial charge on any atom is 0.255 e. The molecule has 2 aliphatic rings. The first-order chi connectivity index (χ1) is 8.34. The molecule has 0 N–H and O–H groups in total. The molecule has 0 aromatic carbocycles. The zero-order valence-corrected chi connectivity index (χ0v) is 9.73. The number of anilines is 1. The van der Waals surface area contributed by atoms with Gasteiger partial charge in [0, 0.05) is 13.1 Å². The highest BCUT2D eigenvalue weighted by Crippen LogP contribution is 2.31. The molecule has 1 aromatic rings. The summed E-state index contributed by atoms with van der Waals surface area (Å²) < 4.78 is 19.5. The molecule has 0 spiro atoms. The second kappa shape index (κ2) is 4.47. The van der Waals surface area contributed by atoms with Gasteiger partial charge in [0.1, 0.15) is 6.33 Å². The zero-order chi connectivity index (χ0) is 11.7. The topological polar surface area (TPSA) is 38.3 Å². The SMILES string of the molecule is Fc1c(OCC2CC2)ncnc1N1CCCC1. The van der Waals surface area contributed by atoms with Crippen molar-refractivity contribution in [1.29, 1.82) is 0 Å². The largest absolute Gasteiger partial charge is 0.475 e. The van der Waals surface area contributed by atoms with E-state index in [2.05, 4.69) is 9.97 Å². The maximum atomic E-state index is 14.1. The van der Waals surface area contributed by atoms with Crippen molar-refractivity contribution in [2.75, 3.05) is 24.6 Å². The molecule has 17 heavy (non-hydrogen) atoms. The Morgan fingerprint density at radius 3 is 2.76 bits per heavy atom. The lowest BCUT2D eigenvalue weighted by Gasteiger charge is -2.17. The molecule has 1 aliphatic heterocycles. The Hall–Kier alpha value is -1.39. The van der Waals surface area contributed by atoms with Crippen LogP contribution in [0.25, 0.3) is 0 Å². The van der Waals surface area contributed by atoms with Gasteiger partial charge in [0.25, 0.3) is 5.88 Å². The summed E-state index contributed by atoms with van der Waals surface area (Å²) in [6, 6.07) is 0. The summed E-state index contributed by atoms with van der Waals surface area (Å²) in [4.78, 5) is 9.86. The van der Waals surface area contributed by atoms with E-state index in [0.29, 0.717) is 18.3 Å². The Bertz CT molecular complexity index is 403. The third kappa shape index (κ3) is 2.33. The van der Waals surface area contributed by atoms with Gasteiger partial charge in [-0.3, -0.25) is 0 Å². The van der Waals surface area contributed by atoms with Crippen LogP contribution in [-0.4, -0.2) is 29.7 Å². The molecule has 2 fully saturated rings. The first kappa shape index (κ1) is 10.7. The van der Waals surface area contributed by atoms with Crippen LogP contribution in [0.3, 0.4) is 0 Å². The van der Waals surface area contributed by atoms with E-state index in [1.807, 2.05) is 4.90 Å². The molecule has 4 nitrogen and oxygen atoms in total. The molecule has 3 rings (SSSR count). The van der Waals surface area contributed by atoms with Crippen LogP contribution in [-0.2, 0) is 0 Å². The molecule has 1 aliphatic carbocycles. The van der Waals surface area contributed by atoms with Crippen molar-refractivity contribution >= 4 is 5.82 Å². The van der Waals surface area contributed by atoms with Crippen LogP contribution < -0.4 is 9.64 Å². The minimum absolute atomic E-state index is 0.105. The molecule has 0 amide bonds. The van der Waals surface area contributed by atoms with Gasteiger partial charge in [-0.05, 0) is 31.6 Å². The average molecular weight is 237 g/mol. The van der Waals surface area contributed by atoms with Crippen molar-refractivity contribution in [2.24, 2.45) is 5.92 Å². The monoisotopic (exact) mass is 237 g/mol. The number of hydrogen-bond donors (Lipinski definition) is 0. The van der Waals surface area contributed by atoms with Gasteiger partial charge in [-0.1, -0.05) is 0 Å². The van der Waals surface area contributed by atoms with Gasteiger partial charge in [-0.15, -0.1) is 0 Å². The lowest BCUT2D eigenvalue weighted by atomic mass is 10.4. The van der Waals surface area contributed by atoms with E-state index in [1.165, 1.54) is 19.2 Å².